The average Bonchev–Trinajstić information content (AvgIpc) is 2.51. The summed E-state index contributed by atoms with van der Waals surface area (Å²) in [4.78, 5) is 0. The van der Waals surface area contributed by atoms with Crippen LogP contribution in [0.25, 0.3) is 16.8 Å². The zero-order chi connectivity index (χ0) is 18.7. The number of hydrogen-bond acceptors (Lipinski definition) is 4. The minimum absolute atomic E-state index is 0.110. The van der Waals surface area contributed by atoms with E-state index >= 15 is 0 Å². The van der Waals surface area contributed by atoms with Crippen LogP contribution in [0.4, 0.5) is 0 Å². The first-order valence-corrected chi connectivity index (χ1v) is 8.18. The number of fused-ring (bicyclic) bond motifs is 1. The normalized spacial score (nSPS) is 10.4. The highest BCUT2D eigenvalue weighted by atomic mass is 16.3. The van der Waals surface area contributed by atoms with Crippen LogP contribution in [0.5, 0.6) is 23.0 Å². The molecule has 4 nitrogen and oxygen atoms in total. The Bertz CT molecular complexity index is 910. The first-order chi connectivity index (χ1) is 11.7. The third-order valence-electron chi connectivity index (χ3n) is 4.14. The Labute approximate surface area is 147 Å². The SMILES string of the molecule is CC(=C=Cc1c(C)c(O)c2c(O)cc(O)cc2c1O)CCC=C(C)C. The summed E-state index contributed by atoms with van der Waals surface area (Å²) in [6, 6.07) is 2.44. The molecule has 0 unspecified atom stereocenters. The van der Waals surface area contributed by atoms with Gasteiger partial charge in [-0.3, -0.25) is 0 Å². The fraction of sp³-hybridized carbons (Fsp3) is 0.286. The first kappa shape index (κ1) is 18.5. The Hall–Kier alpha value is -2.84. The predicted octanol–water partition coefficient (Wildman–Crippen LogP) is 5.28. The number of phenolic OH excluding ortho intramolecular Hbond substituents is 4. The Morgan fingerprint density at radius 2 is 1.72 bits per heavy atom. The highest BCUT2D eigenvalue weighted by molar-refractivity contribution is 6.02. The average molecular weight is 340 g/mol. The topological polar surface area (TPSA) is 80.9 Å². The van der Waals surface area contributed by atoms with Crippen molar-refractivity contribution in [3.05, 3.63) is 46.2 Å². The van der Waals surface area contributed by atoms with Gasteiger partial charge >= 0.3 is 0 Å². The molecule has 0 saturated carbocycles. The van der Waals surface area contributed by atoms with Crippen LogP contribution in [-0.2, 0) is 0 Å². The molecule has 0 heterocycles. The molecule has 25 heavy (non-hydrogen) atoms. The molecule has 4 heteroatoms. The molecule has 0 aliphatic carbocycles. The molecule has 0 radical (unpaired) electrons. The number of allylic oxidation sites excluding steroid dienone is 3. The molecule has 2 aromatic carbocycles. The van der Waals surface area contributed by atoms with Gasteiger partial charge in [0.05, 0.1) is 5.39 Å². The fourth-order valence-electron chi connectivity index (χ4n) is 2.71. The van der Waals surface area contributed by atoms with Crippen LogP contribution in [0.1, 0.15) is 44.7 Å². The van der Waals surface area contributed by atoms with E-state index in [1.807, 2.05) is 6.92 Å². The van der Waals surface area contributed by atoms with Crippen molar-refractivity contribution in [2.75, 3.05) is 0 Å². The predicted molar refractivity (Wildman–Crippen MR) is 101 cm³/mol. The van der Waals surface area contributed by atoms with Gasteiger partial charge in [-0.15, -0.1) is 5.73 Å². The van der Waals surface area contributed by atoms with Crippen molar-refractivity contribution in [1.29, 1.82) is 0 Å². The largest absolute Gasteiger partial charge is 0.508 e. The second kappa shape index (κ2) is 7.37. The van der Waals surface area contributed by atoms with Crippen molar-refractivity contribution in [1.82, 2.24) is 0 Å². The van der Waals surface area contributed by atoms with Crippen molar-refractivity contribution in [3.8, 4) is 23.0 Å². The molecule has 4 N–H and O–H groups in total. The van der Waals surface area contributed by atoms with Gasteiger partial charge in [-0.25, -0.2) is 0 Å². The minimum Gasteiger partial charge on any atom is -0.508 e. The minimum atomic E-state index is -0.283. The summed E-state index contributed by atoms with van der Waals surface area (Å²) in [7, 11) is 0. The van der Waals surface area contributed by atoms with Crippen LogP contribution in [0.15, 0.2) is 35.1 Å². The lowest BCUT2D eigenvalue weighted by Gasteiger charge is -2.13. The van der Waals surface area contributed by atoms with Crippen molar-refractivity contribution >= 4 is 16.8 Å². The molecule has 0 aliphatic rings. The lowest BCUT2D eigenvalue weighted by Crippen LogP contribution is -1.88. The molecule has 0 amide bonds. The van der Waals surface area contributed by atoms with Gasteiger partial charge in [0, 0.05) is 22.6 Å². The Morgan fingerprint density at radius 1 is 1.04 bits per heavy atom. The second-order valence-electron chi connectivity index (χ2n) is 6.51. The third-order valence-corrected chi connectivity index (χ3v) is 4.14. The van der Waals surface area contributed by atoms with Crippen molar-refractivity contribution in [2.24, 2.45) is 0 Å². The first-order valence-electron chi connectivity index (χ1n) is 8.18. The molecule has 0 aromatic heterocycles. The van der Waals surface area contributed by atoms with Gasteiger partial charge in [-0.05, 0) is 58.3 Å². The summed E-state index contributed by atoms with van der Waals surface area (Å²) in [5, 5.41) is 40.9. The molecule has 0 spiro atoms. The van der Waals surface area contributed by atoms with E-state index in [2.05, 4.69) is 25.7 Å². The summed E-state index contributed by atoms with van der Waals surface area (Å²) in [5.41, 5.74) is 6.29. The zero-order valence-electron chi connectivity index (χ0n) is 15.0. The van der Waals surface area contributed by atoms with Gasteiger partial charge in [-0.2, -0.15) is 0 Å². The summed E-state index contributed by atoms with van der Waals surface area (Å²) in [5.74, 6) is -0.705. The van der Waals surface area contributed by atoms with Crippen molar-refractivity contribution in [3.63, 3.8) is 0 Å². The van der Waals surface area contributed by atoms with E-state index in [1.165, 1.54) is 11.6 Å². The molecule has 132 valence electrons. The fourth-order valence-corrected chi connectivity index (χ4v) is 2.71. The van der Waals surface area contributed by atoms with Crippen molar-refractivity contribution in [2.45, 2.75) is 40.5 Å². The number of phenols is 4. The zero-order valence-corrected chi connectivity index (χ0v) is 15.0. The molecular weight excluding hydrogens is 316 g/mol. The lowest BCUT2D eigenvalue weighted by atomic mass is 9.97. The molecule has 0 atom stereocenters. The Morgan fingerprint density at radius 3 is 2.36 bits per heavy atom. The number of rotatable bonds is 4. The maximum atomic E-state index is 10.5. The standard InChI is InChI=1S/C21H24O4/c1-12(2)6-5-7-13(3)8-9-16-14(4)20(24)19-17(21(16)25)10-15(22)11-18(19)23/h6,9-11,22-25H,5,7H2,1-4H3. The molecule has 0 aliphatic heterocycles. The highest BCUT2D eigenvalue weighted by Gasteiger charge is 2.18. The van der Waals surface area contributed by atoms with E-state index in [4.69, 9.17) is 0 Å². The highest BCUT2D eigenvalue weighted by Crippen LogP contribution is 2.45. The summed E-state index contributed by atoms with van der Waals surface area (Å²) < 4.78 is 0. The quantitative estimate of drug-likeness (QED) is 0.347. The smallest absolute Gasteiger partial charge is 0.132 e. The number of hydrogen-bond donors (Lipinski definition) is 4. The molecule has 0 bridgehead atoms. The van der Waals surface area contributed by atoms with E-state index in [0.717, 1.165) is 24.5 Å². The van der Waals surface area contributed by atoms with Crippen LogP contribution < -0.4 is 0 Å². The maximum Gasteiger partial charge on any atom is 0.132 e. The molecule has 0 fully saturated rings. The second-order valence-corrected chi connectivity index (χ2v) is 6.51. The van der Waals surface area contributed by atoms with Gasteiger partial charge in [0.2, 0.25) is 0 Å². The van der Waals surface area contributed by atoms with Crippen LogP contribution in [-0.4, -0.2) is 20.4 Å². The van der Waals surface area contributed by atoms with E-state index in [1.54, 1.807) is 13.0 Å². The van der Waals surface area contributed by atoms with Crippen LogP contribution in [0.3, 0.4) is 0 Å². The Kier molecular flexibility index (Phi) is 5.45. The summed E-state index contributed by atoms with van der Waals surface area (Å²) in [6.07, 6.45) is 5.55. The van der Waals surface area contributed by atoms with Gasteiger partial charge in [-0.1, -0.05) is 11.6 Å². The Balaban J connectivity index is 2.55. The number of aromatic hydroxyl groups is 4. The maximum absolute atomic E-state index is 10.5. The summed E-state index contributed by atoms with van der Waals surface area (Å²) >= 11 is 0. The van der Waals surface area contributed by atoms with E-state index in [-0.39, 0.29) is 33.8 Å². The monoisotopic (exact) mass is 340 g/mol. The van der Waals surface area contributed by atoms with Gasteiger partial charge in [0.25, 0.3) is 0 Å². The van der Waals surface area contributed by atoms with E-state index in [9.17, 15) is 20.4 Å². The van der Waals surface area contributed by atoms with E-state index in [0.29, 0.717) is 11.1 Å². The van der Waals surface area contributed by atoms with Crippen LogP contribution in [0.2, 0.25) is 0 Å². The van der Waals surface area contributed by atoms with Gasteiger partial charge < -0.3 is 20.4 Å². The van der Waals surface area contributed by atoms with Crippen LogP contribution in [0, 0.1) is 6.92 Å². The lowest BCUT2D eigenvalue weighted by molar-refractivity contribution is 0.443. The number of benzene rings is 2. The third kappa shape index (κ3) is 3.98. The van der Waals surface area contributed by atoms with E-state index < -0.39 is 0 Å². The molecule has 2 aromatic rings. The molecular formula is C21H24O4. The molecule has 2 rings (SSSR count). The van der Waals surface area contributed by atoms with Gasteiger partial charge in [0.1, 0.15) is 23.0 Å². The molecule has 0 saturated heterocycles. The van der Waals surface area contributed by atoms with Crippen LogP contribution >= 0.6 is 0 Å². The summed E-state index contributed by atoms with van der Waals surface area (Å²) in [6.45, 7) is 7.73. The van der Waals surface area contributed by atoms with Crippen molar-refractivity contribution < 1.29 is 20.4 Å². The van der Waals surface area contributed by atoms with Gasteiger partial charge in [0.15, 0.2) is 0 Å².